The zero-order chi connectivity index (χ0) is 9.14. The molecule has 1 aromatic carbocycles. The molecule has 0 spiro atoms. The standard InChI is InChI=1S/C8H7BrClNO/c1-12-8(11)6-4-5(10)2-3-7(6)9/h2-4,11H,1H3. The lowest BCUT2D eigenvalue weighted by Crippen LogP contribution is -2.01. The molecule has 1 aromatic rings. The third-order valence-corrected chi connectivity index (χ3v) is 2.30. The maximum Gasteiger partial charge on any atom is 0.214 e. The Kier molecular flexibility index (Phi) is 3.12. The Bertz CT molecular complexity index is 314. The van der Waals surface area contributed by atoms with Crippen molar-refractivity contribution in [2.45, 2.75) is 0 Å². The zero-order valence-electron chi connectivity index (χ0n) is 6.40. The Balaban J connectivity index is 3.13. The normalized spacial score (nSPS) is 9.58. The molecule has 0 bridgehead atoms. The third kappa shape index (κ3) is 1.99. The summed E-state index contributed by atoms with van der Waals surface area (Å²) in [5.74, 6) is 0.101. The Morgan fingerprint density at radius 3 is 2.83 bits per heavy atom. The van der Waals surface area contributed by atoms with Crippen LogP contribution in [-0.4, -0.2) is 13.0 Å². The molecule has 0 unspecified atom stereocenters. The van der Waals surface area contributed by atoms with Gasteiger partial charge in [0.25, 0.3) is 0 Å². The highest BCUT2D eigenvalue weighted by Gasteiger charge is 2.06. The minimum absolute atomic E-state index is 0.101. The van der Waals surface area contributed by atoms with Crippen LogP contribution in [0.1, 0.15) is 5.56 Å². The number of benzene rings is 1. The minimum atomic E-state index is 0.101. The van der Waals surface area contributed by atoms with Crippen LogP contribution in [-0.2, 0) is 4.74 Å². The van der Waals surface area contributed by atoms with Crippen molar-refractivity contribution in [3.05, 3.63) is 33.3 Å². The van der Waals surface area contributed by atoms with Gasteiger partial charge in [0.2, 0.25) is 5.90 Å². The topological polar surface area (TPSA) is 33.1 Å². The van der Waals surface area contributed by atoms with Gasteiger partial charge in [0.15, 0.2) is 0 Å². The number of rotatable bonds is 1. The molecule has 0 aromatic heterocycles. The largest absolute Gasteiger partial charge is 0.481 e. The smallest absolute Gasteiger partial charge is 0.214 e. The van der Waals surface area contributed by atoms with Crippen molar-refractivity contribution in [1.82, 2.24) is 0 Å². The van der Waals surface area contributed by atoms with E-state index in [2.05, 4.69) is 15.9 Å². The molecular formula is C8H7BrClNO. The lowest BCUT2D eigenvalue weighted by molar-refractivity contribution is 0.401. The molecule has 12 heavy (non-hydrogen) atoms. The summed E-state index contributed by atoms with van der Waals surface area (Å²) in [6, 6.07) is 5.21. The molecule has 64 valence electrons. The Morgan fingerprint density at radius 1 is 1.58 bits per heavy atom. The van der Waals surface area contributed by atoms with E-state index in [4.69, 9.17) is 21.7 Å². The van der Waals surface area contributed by atoms with Crippen LogP contribution < -0.4 is 0 Å². The lowest BCUT2D eigenvalue weighted by atomic mass is 10.2. The summed E-state index contributed by atoms with van der Waals surface area (Å²) < 4.78 is 5.57. The van der Waals surface area contributed by atoms with Crippen LogP contribution in [0.25, 0.3) is 0 Å². The highest BCUT2D eigenvalue weighted by molar-refractivity contribution is 9.10. The van der Waals surface area contributed by atoms with Crippen LogP contribution in [0.5, 0.6) is 0 Å². The average molecular weight is 249 g/mol. The maximum absolute atomic E-state index is 7.41. The molecule has 0 aliphatic heterocycles. The van der Waals surface area contributed by atoms with Crippen LogP contribution in [0.3, 0.4) is 0 Å². The first-order valence-electron chi connectivity index (χ1n) is 3.23. The Morgan fingerprint density at radius 2 is 2.25 bits per heavy atom. The van der Waals surface area contributed by atoms with Crippen molar-refractivity contribution in [2.24, 2.45) is 0 Å². The van der Waals surface area contributed by atoms with E-state index in [-0.39, 0.29) is 5.90 Å². The molecule has 0 aliphatic carbocycles. The molecule has 0 radical (unpaired) electrons. The van der Waals surface area contributed by atoms with Crippen LogP contribution >= 0.6 is 27.5 Å². The average Bonchev–Trinajstić information content (AvgIpc) is 2.08. The van der Waals surface area contributed by atoms with Crippen molar-refractivity contribution in [2.75, 3.05) is 7.11 Å². The van der Waals surface area contributed by atoms with E-state index in [1.54, 1.807) is 18.2 Å². The number of nitrogens with one attached hydrogen (secondary N) is 1. The first-order chi connectivity index (χ1) is 5.65. The number of hydrogen-bond acceptors (Lipinski definition) is 2. The predicted octanol–water partition coefficient (Wildman–Crippen LogP) is 3.07. The van der Waals surface area contributed by atoms with Gasteiger partial charge in [0, 0.05) is 9.50 Å². The lowest BCUT2D eigenvalue weighted by Gasteiger charge is -2.04. The van der Waals surface area contributed by atoms with E-state index in [0.29, 0.717) is 10.6 Å². The monoisotopic (exact) mass is 247 g/mol. The van der Waals surface area contributed by atoms with Gasteiger partial charge >= 0.3 is 0 Å². The van der Waals surface area contributed by atoms with Crippen LogP contribution in [0, 0.1) is 5.41 Å². The zero-order valence-corrected chi connectivity index (χ0v) is 8.74. The number of methoxy groups -OCH3 is 1. The molecule has 0 saturated heterocycles. The molecule has 0 amide bonds. The number of hydrogen-bond donors (Lipinski definition) is 1. The molecule has 2 nitrogen and oxygen atoms in total. The highest BCUT2D eigenvalue weighted by Crippen LogP contribution is 2.21. The van der Waals surface area contributed by atoms with Crippen molar-refractivity contribution in [3.63, 3.8) is 0 Å². The summed E-state index contributed by atoms with van der Waals surface area (Å²) in [6.45, 7) is 0. The third-order valence-electron chi connectivity index (χ3n) is 1.38. The van der Waals surface area contributed by atoms with Gasteiger partial charge < -0.3 is 4.74 Å². The van der Waals surface area contributed by atoms with Gasteiger partial charge in [0.05, 0.1) is 12.7 Å². The van der Waals surface area contributed by atoms with Gasteiger partial charge in [-0.05, 0) is 34.1 Å². The molecular weight excluding hydrogens is 241 g/mol. The van der Waals surface area contributed by atoms with E-state index in [0.717, 1.165) is 4.47 Å². The van der Waals surface area contributed by atoms with Crippen molar-refractivity contribution in [3.8, 4) is 0 Å². The molecule has 1 rings (SSSR count). The SMILES string of the molecule is COC(=N)c1cc(Cl)ccc1Br. The summed E-state index contributed by atoms with van der Waals surface area (Å²) in [6.07, 6.45) is 0. The second kappa shape index (κ2) is 3.92. The highest BCUT2D eigenvalue weighted by atomic mass is 79.9. The van der Waals surface area contributed by atoms with E-state index in [1.165, 1.54) is 7.11 Å². The van der Waals surface area contributed by atoms with E-state index in [9.17, 15) is 0 Å². The van der Waals surface area contributed by atoms with E-state index >= 15 is 0 Å². The van der Waals surface area contributed by atoms with Gasteiger partial charge in [-0.15, -0.1) is 0 Å². The second-order valence-electron chi connectivity index (χ2n) is 2.16. The molecule has 0 fully saturated rings. The van der Waals surface area contributed by atoms with Gasteiger partial charge in [0.1, 0.15) is 0 Å². The van der Waals surface area contributed by atoms with Gasteiger partial charge in [-0.3, -0.25) is 5.41 Å². The van der Waals surface area contributed by atoms with Gasteiger partial charge in [-0.1, -0.05) is 11.6 Å². The van der Waals surface area contributed by atoms with Crippen LogP contribution in [0.2, 0.25) is 5.02 Å². The summed E-state index contributed by atoms with van der Waals surface area (Å²) in [5.41, 5.74) is 0.657. The Labute approximate surface area is 84.1 Å². The number of ether oxygens (including phenoxy) is 1. The summed E-state index contributed by atoms with van der Waals surface area (Å²) in [4.78, 5) is 0. The molecule has 0 atom stereocenters. The summed E-state index contributed by atoms with van der Waals surface area (Å²) in [7, 11) is 1.45. The quantitative estimate of drug-likeness (QED) is 0.601. The molecule has 4 heteroatoms. The molecule has 0 saturated carbocycles. The van der Waals surface area contributed by atoms with Crippen molar-refractivity contribution >= 4 is 33.4 Å². The fraction of sp³-hybridized carbons (Fsp3) is 0.125. The van der Waals surface area contributed by atoms with Gasteiger partial charge in [-0.25, -0.2) is 0 Å². The van der Waals surface area contributed by atoms with E-state index < -0.39 is 0 Å². The van der Waals surface area contributed by atoms with Crippen molar-refractivity contribution in [1.29, 1.82) is 5.41 Å². The van der Waals surface area contributed by atoms with Crippen LogP contribution in [0.15, 0.2) is 22.7 Å². The van der Waals surface area contributed by atoms with Crippen LogP contribution in [0.4, 0.5) is 0 Å². The summed E-state index contributed by atoms with van der Waals surface area (Å²) in [5, 5.41) is 8.00. The number of halogens is 2. The summed E-state index contributed by atoms with van der Waals surface area (Å²) >= 11 is 9.04. The second-order valence-corrected chi connectivity index (χ2v) is 3.45. The van der Waals surface area contributed by atoms with E-state index in [1.807, 2.05) is 0 Å². The predicted molar refractivity (Wildman–Crippen MR) is 53.0 cm³/mol. The minimum Gasteiger partial charge on any atom is -0.481 e. The molecule has 0 heterocycles. The first-order valence-corrected chi connectivity index (χ1v) is 4.40. The first kappa shape index (κ1) is 9.55. The fourth-order valence-electron chi connectivity index (χ4n) is 0.781. The fourth-order valence-corrected chi connectivity index (χ4v) is 1.38. The van der Waals surface area contributed by atoms with Gasteiger partial charge in [-0.2, -0.15) is 0 Å². The molecule has 1 N–H and O–H groups in total. The molecule has 0 aliphatic rings. The van der Waals surface area contributed by atoms with Crippen molar-refractivity contribution < 1.29 is 4.74 Å². The Hall–Kier alpha value is -0.540. The maximum atomic E-state index is 7.41.